The zero-order chi connectivity index (χ0) is 24.9. The Morgan fingerprint density at radius 2 is 2.06 bits per heavy atom. The van der Waals surface area contributed by atoms with Gasteiger partial charge in [0.15, 0.2) is 5.76 Å². The van der Waals surface area contributed by atoms with Crippen molar-refractivity contribution in [2.75, 3.05) is 44.6 Å². The van der Waals surface area contributed by atoms with Gasteiger partial charge in [-0.1, -0.05) is 13.8 Å². The number of carbonyl (C=O) groups is 1. The number of furan rings is 1. The maximum Gasteiger partial charge on any atom is 0.407 e. The van der Waals surface area contributed by atoms with Gasteiger partial charge < -0.3 is 19.7 Å². The van der Waals surface area contributed by atoms with Crippen LogP contribution in [0, 0.1) is 5.41 Å². The van der Waals surface area contributed by atoms with Crippen molar-refractivity contribution in [2.45, 2.75) is 33.1 Å². The van der Waals surface area contributed by atoms with Gasteiger partial charge in [-0.3, -0.25) is 4.90 Å². The monoisotopic (exact) mass is 506 g/mol. The van der Waals surface area contributed by atoms with Crippen LogP contribution in [-0.2, 0) is 12.8 Å². The Hall–Kier alpha value is -3.24. The molecule has 4 aromatic heterocycles. The third-order valence-electron chi connectivity index (χ3n) is 7.44. The number of rotatable bonds is 5. The van der Waals surface area contributed by atoms with E-state index < -0.39 is 6.09 Å². The van der Waals surface area contributed by atoms with Crippen LogP contribution in [0.5, 0.6) is 0 Å². The largest absolute Gasteiger partial charge is 0.465 e. The molecule has 0 saturated carbocycles. The number of nitrogens with one attached hydrogen (secondary N) is 1. The van der Waals surface area contributed by atoms with Crippen molar-refractivity contribution in [3.63, 3.8) is 0 Å². The molecule has 1 aliphatic carbocycles. The van der Waals surface area contributed by atoms with Gasteiger partial charge in [-0.15, -0.1) is 11.3 Å². The third kappa shape index (κ3) is 4.18. The summed E-state index contributed by atoms with van der Waals surface area (Å²) in [4.78, 5) is 30.3. The maximum absolute atomic E-state index is 11.1. The van der Waals surface area contributed by atoms with Crippen molar-refractivity contribution >= 4 is 43.7 Å². The standard InChI is InChI=1S/C26H30N6O3S/c1-26(2)6-5-16-17(14-26)19-21-22(36-24(19)30-20(16)18-4-3-13-35-18)23(29-15-28-21)27-7-8-31-9-11-32(12-10-31)25(33)34/h3-4,13,15H,5-12,14H2,1-2H3,(H,33,34)(H,27,28,29). The molecule has 10 heteroatoms. The number of aromatic nitrogens is 3. The predicted octanol–water partition coefficient (Wildman–Crippen LogP) is 4.72. The number of nitrogens with zero attached hydrogens (tertiary/aromatic N) is 5. The van der Waals surface area contributed by atoms with Gasteiger partial charge in [0.05, 0.1) is 16.5 Å². The van der Waals surface area contributed by atoms with E-state index in [9.17, 15) is 4.79 Å². The average Bonchev–Trinajstić information content (AvgIpc) is 3.52. The molecule has 1 saturated heterocycles. The fourth-order valence-corrected chi connectivity index (χ4v) is 6.57. The topological polar surface area (TPSA) is 108 Å². The Kier molecular flexibility index (Phi) is 5.80. The molecule has 188 valence electrons. The van der Waals surface area contributed by atoms with Gasteiger partial charge in [-0.05, 0) is 47.9 Å². The highest BCUT2D eigenvalue weighted by Crippen LogP contribution is 2.46. The lowest BCUT2D eigenvalue weighted by atomic mass is 9.73. The fraction of sp³-hybridized carbons (Fsp3) is 0.462. The normalized spacial score (nSPS) is 18.0. The van der Waals surface area contributed by atoms with Crippen molar-refractivity contribution < 1.29 is 14.3 Å². The molecule has 0 spiro atoms. The number of piperazine rings is 1. The summed E-state index contributed by atoms with van der Waals surface area (Å²) in [5, 5.41) is 13.8. The Balaban J connectivity index is 1.32. The molecule has 0 aromatic carbocycles. The van der Waals surface area contributed by atoms with Crippen LogP contribution in [-0.4, -0.2) is 75.2 Å². The molecule has 4 aromatic rings. The van der Waals surface area contributed by atoms with Crippen LogP contribution in [0.3, 0.4) is 0 Å². The zero-order valence-electron chi connectivity index (χ0n) is 20.6. The van der Waals surface area contributed by atoms with Gasteiger partial charge in [0.25, 0.3) is 0 Å². The van der Waals surface area contributed by atoms with E-state index in [-0.39, 0.29) is 5.41 Å². The van der Waals surface area contributed by atoms with Crippen molar-refractivity contribution in [1.82, 2.24) is 24.8 Å². The number of hydrogen-bond donors (Lipinski definition) is 2. The molecular formula is C26H30N6O3S. The molecular weight excluding hydrogens is 476 g/mol. The summed E-state index contributed by atoms with van der Waals surface area (Å²) in [5.74, 6) is 1.65. The summed E-state index contributed by atoms with van der Waals surface area (Å²) in [6, 6.07) is 3.91. The van der Waals surface area contributed by atoms with Crippen LogP contribution in [0.4, 0.5) is 10.6 Å². The Bertz CT molecular complexity index is 1420. The van der Waals surface area contributed by atoms with Gasteiger partial charge in [-0.25, -0.2) is 19.7 Å². The van der Waals surface area contributed by atoms with Gasteiger partial charge in [0, 0.05) is 44.7 Å². The summed E-state index contributed by atoms with van der Waals surface area (Å²) in [6.07, 6.45) is 5.59. The highest BCUT2D eigenvalue weighted by atomic mass is 32.1. The summed E-state index contributed by atoms with van der Waals surface area (Å²) in [5.41, 5.74) is 4.76. The summed E-state index contributed by atoms with van der Waals surface area (Å²) >= 11 is 1.64. The predicted molar refractivity (Wildman–Crippen MR) is 141 cm³/mol. The number of fused-ring (bicyclic) bond motifs is 5. The van der Waals surface area contributed by atoms with E-state index in [4.69, 9.17) is 19.5 Å². The average molecular weight is 507 g/mol. The molecule has 36 heavy (non-hydrogen) atoms. The van der Waals surface area contributed by atoms with Gasteiger partial charge >= 0.3 is 6.09 Å². The van der Waals surface area contributed by atoms with Gasteiger partial charge in [0.1, 0.15) is 22.7 Å². The molecule has 0 radical (unpaired) electrons. The van der Waals surface area contributed by atoms with Crippen LogP contribution in [0.25, 0.3) is 31.9 Å². The first kappa shape index (κ1) is 23.2. The number of thiophene rings is 1. The SMILES string of the molecule is CC1(C)CCc2c(-c3ccco3)nc3sc4c(NCCN5CCN(C(=O)O)CC5)ncnc4c3c2C1. The smallest absolute Gasteiger partial charge is 0.407 e. The lowest BCUT2D eigenvalue weighted by Crippen LogP contribution is -2.49. The molecule has 2 aliphatic rings. The molecule has 1 aliphatic heterocycles. The second-order valence-electron chi connectivity index (χ2n) is 10.5. The van der Waals surface area contributed by atoms with Crippen LogP contribution < -0.4 is 5.32 Å². The van der Waals surface area contributed by atoms with Crippen LogP contribution >= 0.6 is 11.3 Å². The second-order valence-corrected chi connectivity index (χ2v) is 11.5. The Labute approximate surface area is 213 Å². The molecule has 6 rings (SSSR count). The zero-order valence-corrected chi connectivity index (χ0v) is 21.4. The number of anilines is 1. The summed E-state index contributed by atoms with van der Waals surface area (Å²) in [6.45, 7) is 8.82. The van der Waals surface area contributed by atoms with Crippen LogP contribution in [0.15, 0.2) is 29.1 Å². The van der Waals surface area contributed by atoms with Crippen LogP contribution in [0.2, 0.25) is 0 Å². The first-order valence-corrected chi connectivity index (χ1v) is 13.3. The van der Waals surface area contributed by atoms with E-state index in [1.807, 2.05) is 12.1 Å². The van der Waals surface area contributed by atoms with Gasteiger partial charge in [-0.2, -0.15) is 0 Å². The second kappa shape index (κ2) is 9.01. The van der Waals surface area contributed by atoms with Crippen molar-refractivity contribution in [1.29, 1.82) is 0 Å². The fourth-order valence-electron chi connectivity index (χ4n) is 5.44. The van der Waals surface area contributed by atoms with E-state index >= 15 is 0 Å². The summed E-state index contributed by atoms with van der Waals surface area (Å²) < 4.78 is 6.80. The van der Waals surface area contributed by atoms with E-state index in [1.165, 1.54) is 16.0 Å². The Morgan fingerprint density at radius 1 is 1.22 bits per heavy atom. The van der Waals surface area contributed by atoms with Crippen LogP contribution in [0.1, 0.15) is 31.4 Å². The molecule has 0 bridgehead atoms. The van der Waals surface area contributed by atoms with Crippen molar-refractivity contribution in [2.24, 2.45) is 5.41 Å². The number of hydrogen-bond acceptors (Lipinski definition) is 8. The first-order valence-electron chi connectivity index (χ1n) is 12.5. The summed E-state index contributed by atoms with van der Waals surface area (Å²) in [7, 11) is 0. The van der Waals surface area contributed by atoms with E-state index in [0.29, 0.717) is 13.1 Å². The molecule has 0 unspecified atom stereocenters. The number of amides is 1. The molecule has 5 heterocycles. The lowest BCUT2D eigenvalue weighted by Gasteiger charge is -2.33. The highest BCUT2D eigenvalue weighted by Gasteiger charge is 2.32. The Morgan fingerprint density at radius 3 is 2.81 bits per heavy atom. The quantitative estimate of drug-likeness (QED) is 0.400. The van der Waals surface area contributed by atoms with Crippen molar-refractivity contribution in [3.8, 4) is 11.5 Å². The lowest BCUT2D eigenvalue weighted by molar-refractivity contribution is 0.107. The van der Waals surface area contributed by atoms with E-state index in [1.54, 1.807) is 23.9 Å². The minimum Gasteiger partial charge on any atom is -0.465 e. The highest BCUT2D eigenvalue weighted by molar-refractivity contribution is 7.26. The van der Waals surface area contributed by atoms with E-state index in [0.717, 1.165) is 83.1 Å². The molecule has 1 fully saturated rings. The van der Waals surface area contributed by atoms with Gasteiger partial charge in [0.2, 0.25) is 0 Å². The molecule has 2 N–H and O–H groups in total. The molecule has 0 atom stereocenters. The number of pyridine rings is 1. The maximum atomic E-state index is 11.1. The first-order chi connectivity index (χ1) is 17.4. The number of carboxylic acid groups (broad SMARTS) is 1. The minimum absolute atomic E-state index is 0.217. The van der Waals surface area contributed by atoms with E-state index in [2.05, 4.69) is 29.0 Å². The third-order valence-corrected chi connectivity index (χ3v) is 8.52. The van der Waals surface area contributed by atoms with Crippen molar-refractivity contribution in [3.05, 3.63) is 35.9 Å². The molecule has 1 amide bonds. The molecule has 9 nitrogen and oxygen atoms in total. The minimum atomic E-state index is -0.838.